The van der Waals surface area contributed by atoms with E-state index in [1.807, 2.05) is 6.92 Å². The van der Waals surface area contributed by atoms with Gasteiger partial charge < -0.3 is 15.0 Å². The van der Waals surface area contributed by atoms with Gasteiger partial charge in [0.25, 0.3) is 0 Å². The molecule has 3 heterocycles. The van der Waals surface area contributed by atoms with E-state index in [0.29, 0.717) is 22.7 Å². The Morgan fingerprint density at radius 2 is 2.28 bits per heavy atom. The number of carbonyl (C=O) groups excluding carboxylic acids is 1. The Morgan fingerprint density at radius 3 is 3.08 bits per heavy atom. The molecule has 1 aliphatic rings. The Labute approximate surface area is 155 Å². The zero-order valence-electron chi connectivity index (χ0n) is 14.0. The number of thioether (sulfide) groups is 1. The molecule has 0 spiro atoms. The fourth-order valence-corrected chi connectivity index (χ4v) is 3.72. The van der Waals surface area contributed by atoms with Crippen LogP contribution in [0.2, 0.25) is 5.28 Å². The highest BCUT2D eigenvalue weighted by atomic mass is 35.5. The zero-order valence-corrected chi connectivity index (χ0v) is 15.6. The number of fused-ring (bicyclic) bond motifs is 1. The van der Waals surface area contributed by atoms with Crippen LogP contribution in [-0.2, 0) is 9.53 Å². The lowest BCUT2D eigenvalue weighted by Crippen LogP contribution is -2.38. The molecular weight excluding hydrogens is 364 g/mol. The first kappa shape index (κ1) is 18.4. The SMILES string of the molecule is C[C@@H](Sc1nc(Cl)nc2nc[nH]c12)C(=O)NCCCN1CCOCC1. The number of nitrogens with zero attached hydrogens (tertiary/aromatic N) is 4. The first-order valence-electron chi connectivity index (χ1n) is 8.24. The number of amides is 1. The Hall–Kier alpha value is -1.42. The van der Waals surface area contributed by atoms with E-state index in [1.165, 1.54) is 18.1 Å². The van der Waals surface area contributed by atoms with Crippen molar-refractivity contribution >= 4 is 40.4 Å². The van der Waals surface area contributed by atoms with Gasteiger partial charge in [-0.3, -0.25) is 9.69 Å². The van der Waals surface area contributed by atoms with Crippen LogP contribution >= 0.6 is 23.4 Å². The van der Waals surface area contributed by atoms with Gasteiger partial charge in [-0.25, -0.2) is 9.97 Å². The highest BCUT2D eigenvalue weighted by Gasteiger charge is 2.18. The van der Waals surface area contributed by atoms with Crippen LogP contribution < -0.4 is 5.32 Å². The number of aromatic amines is 1. The minimum Gasteiger partial charge on any atom is -0.379 e. The average molecular weight is 385 g/mol. The average Bonchev–Trinajstić information content (AvgIpc) is 3.08. The molecule has 2 aromatic rings. The van der Waals surface area contributed by atoms with Gasteiger partial charge in [0.1, 0.15) is 10.5 Å². The number of imidazole rings is 1. The number of H-pyrrole nitrogens is 1. The third-order valence-corrected chi connectivity index (χ3v) is 5.19. The second kappa shape index (κ2) is 8.79. The maximum Gasteiger partial charge on any atom is 0.233 e. The molecule has 8 nitrogen and oxygen atoms in total. The van der Waals surface area contributed by atoms with E-state index >= 15 is 0 Å². The molecule has 136 valence electrons. The van der Waals surface area contributed by atoms with Gasteiger partial charge in [-0.05, 0) is 31.5 Å². The predicted molar refractivity (Wildman–Crippen MR) is 96.9 cm³/mol. The van der Waals surface area contributed by atoms with Crippen LogP contribution in [0.15, 0.2) is 11.4 Å². The standard InChI is InChI=1S/C15H21ClN6O2S/c1-10(13(23)17-3-2-4-22-5-7-24-8-6-22)25-14-11-12(19-9-18-11)20-15(16)21-14/h9-10H,2-8H2,1H3,(H,17,23)(H,18,19,20,21)/t10-/m1/s1. The molecule has 0 aliphatic carbocycles. The van der Waals surface area contributed by atoms with Gasteiger partial charge in [0, 0.05) is 19.6 Å². The highest BCUT2D eigenvalue weighted by molar-refractivity contribution is 8.00. The molecule has 0 radical (unpaired) electrons. The second-order valence-corrected chi connectivity index (χ2v) is 7.43. The Balaban J connectivity index is 1.46. The van der Waals surface area contributed by atoms with Gasteiger partial charge in [-0.1, -0.05) is 11.8 Å². The number of hydrogen-bond acceptors (Lipinski definition) is 7. The number of nitrogens with one attached hydrogen (secondary N) is 2. The fraction of sp³-hybridized carbons (Fsp3) is 0.600. The van der Waals surface area contributed by atoms with Gasteiger partial charge in [0.2, 0.25) is 11.2 Å². The predicted octanol–water partition coefficient (Wildman–Crippen LogP) is 1.33. The van der Waals surface area contributed by atoms with Crippen molar-refractivity contribution in [1.29, 1.82) is 0 Å². The largest absolute Gasteiger partial charge is 0.379 e. The van der Waals surface area contributed by atoms with Crippen LogP contribution in [0.25, 0.3) is 11.2 Å². The molecule has 0 bridgehead atoms. The Kier molecular flexibility index (Phi) is 6.46. The van der Waals surface area contributed by atoms with Crippen molar-refractivity contribution in [3.8, 4) is 0 Å². The summed E-state index contributed by atoms with van der Waals surface area (Å²) in [6, 6.07) is 0. The number of carbonyl (C=O) groups is 1. The summed E-state index contributed by atoms with van der Waals surface area (Å²) in [7, 11) is 0. The smallest absolute Gasteiger partial charge is 0.233 e. The van der Waals surface area contributed by atoms with Crippen LogP contribution in [0.3, 0.4) is 0 Å². The van der Waals surface area contributed by atoms with Gasteiger partial charge in [0.05, 0.1) is 24.8 Å². The van der Waals surface area contributed by atoms with Crippen molar-refractivity contribution in [1.82, 2.24) is 30.2 Å². The van der Waals surface area contributed by atoms with E-state index in [4.69, 9.17) is 16.3 Å². The number of ether oxygens (including phenoxy) is 1. The van der Waals surface area contributed by atoms with E-state index in [-0.39, 0.29) is 16.4 Å². The molecule has 3 rings (SSSR count). The molecule has 1 fully saturated rings. The van der Waals surface area contributed by atoms with Gasteiger partial charge in [-0.15, -0.1) is 0 Å². The number of aromatic nitrogens is 4. The molecule has 0 aromatic carbocycles. The molecule has 1 amide bonds. The fourth-order valence-electron chi connectivity index (χ4n) is 2.57. The molecule has 0 unspecified atom stereocenters. The molecule has 1 atom stereocenters. The first-order chi connectivity index (χ1) is 12.1. The third-order valence-electron chi connectivity index (χ3n) is 3.94. The molecular formula is C15H21ClN6O2S. The lowest BCUT2D eigenvalue weighted by atomic mass is 10.3. The summed E-state index contributed by atoms with van der Waals surface area (Å²) < 4.78 is 5.32. The van der Waals surface area contributed by atoms with Crippen molar-refractivity contribution in [2.75, 3.05) is 39.4 Å². The van der Waals surface area contributed by atoms with E-state index < -0.39 is 0 Å². The third kappa shape index (κ3) is 5.04. The van der Waals surface area contributed by atoms with E-state index in [1.54, 1.807) is 0 Å². The maximum atomic E-state index is 12.3. The normalized spacial score (nSPS) is 16.9. The van der Waals surface area contributed by atoms with Crippen molar-refractivity contribution in [2.45, 2.75) is 23.6 Å². The van der Waals surface area contributed by atoms with Crippen molar-refractivity contribution in [2.24, 2.45) is 0 Å². The monoisotopic (exact) mass is 384 g/mol. The van der Waals surface area contributed by atoms with E-state index in [0.717, 1.165) is 39.3 Å². The quantitative estimate of drug-likeness (QED) is 0.321. The van der Waals surface area contributed by atoms with Crippen LogP contribution in [0, 0.1) is 0 Å². The highest BCUT2D eigenvalue weighted by Crippen LogP contribution is 2.27. The topological polar surface area (TPSA) is 96.0 Å². The van der Waals surface area contributed by atoms with Gasteiger partial charge in [0.15, 0.2) is 5.65 Å². The number of hydrogen-bond donors (Lipinski definition) is 2. The first-order valence-corrected chi connectivity index (χ1v) is 9.50. The van der Waals surface area contributed by atoms with Crippen molar-refractivity contribution in [3.63, 3.8) is 0 Å². The Bertz CT molecular complexity index is 721. The van der Waals surface area contributed by atoms with Crippen LogP contribution in [-0.4, -0.2) is 75.4 Å². The van der Waals surface area contributed by atoms with Crippen LogP contribution in [0.5, 0.6) is 0 Å². The van der Waals surface area contributed by atoms with Gasteiger partial charge >= 0.3 is 0 Å². The lowest BCUT2D eigenvalue weighted by molar-refractivity contribution is -0.120. The summed E-state index contributed by atoms with van der Waals surface area (Å²) in [6.45, 7) is 7.00. The van der Waals surface area contributed by atoms with E-state index in [9.17, 15) is 4.79 Å². The van der Waals surface area contributed by atoms with E-state index in [2.05, 4.69) is 30.2 Å². The number of rotatable bonds is 7. The summed E-state index contributed by atoms with van der Waals surface area (Å²) in [6.07, 6.45) is 2.46. The second-order valence-electron chi connectivity index (χ2n) is 5.76. The van der Waals surface area contributed by atoms with Crippen LogP contribution in [0.1, 0.15) is 13.3 Å². The van der Waals surface area contributed by atoms with Crippen LogP contribution in [0.4, 0.5) is 0 Å². The maximum absolute atomic E-state index is 12.3. The zero-order chi connectivity index (χ0) is 17.6. The number of halogens is 1. The summed E-state index contributed by atoms with van der Waals surface area (Å²) in [5.41, 5.74) is 1.20. The number of morpholine rings is 1. The summed E-state index contributed by atoms with van der Waals surface area (Å²) >= 11 is 7.26. The molecule has 1 saturated heterocycles. The van der Waals surface area contributed by atoms with Crippen molar-refractivity contribution in [3.05, 3.63) is 11.6 Å². The molecule has 10 heteroatoms. The van der Waals surface area contributed by atoms with Gasteiger partial charge in [-0.2, -0.15) is 4.98 Å². The Morgan fingerprint density at radius 1 is 1.48 bits per heavy atom. The minimum absolute atomic E-state index is 0.0191. The molecule has 2 aromatic heterocycles. The van der Waals surface area contributed by atoms with Crippen molar-refractivity contribution < 1.29 is 9.53 Å². The summed E-state index contributed by atoms with van der Waals surface area (Å²) in [5, 5.41) is 3.44. The summed E-state index contributed by atoms with van der Waals surface area (Å²) in [5.74, 6) is -0.0191. The molecule has 1 aliphatic heterocycles. The molecule has 2 N–H and O–H groups in total. The molecule has 25 heavy (non-hydrogen) atoms. The molecule has 0 saturated carbocycles. The lowest BCUT2D eigenvalue weighted by Gasteiger charge is -2.26. The summed E-state index contributed by atoms with van der Waals surface area (Å²) in [4.78, 5) is 29.9. The minimum atomic E-state index is -0.291.